The zero-order chi connectivity index (χ0) is 14.5. The van der Waals surface area contributed by atoms with E-state index in [0.29, 0.717) is 12.1 Å². The summed E-state index contributed by atoms with van der Waals surface area (Å²) >= 11 is 0. The molecule has 1 aliphatic rings. The minimum atomic E-state index is 0.361. The Morgan fingerprint density at radius 2 is 1.48 bits per heavy atom. The van der Waals surface area contributed by atoms with E-state index in [-0.39, 0.29) is 0 Å². The third kappa shape index (κ3) is 3.52. The van der Waals surface area contributed by atoms with Crippen LogP contribution in [-0.2, 0) is 0 Å². The van der Waals surface area contributed by atoms with Crippen LogP contribution in [0.1, 0.15) is 30.5 Å². The Kier molecular flexibility index (Phi) is 4.69. The predicted octanol–water partition coefficient (Wildman–Crippen LogP) is 3.46. The van der Waals surface area contributed by atoms with Crippen LogP contribution in [0.2, 0.25) is 0 Å². The summed E-state index contributed by atoms with van der Waals surface area (Å²) in [5.41, 5.74) is 2.77. The van der Waals surface area contributed by atoms with Crippen molar-refractivity contribution < 1.29 is 0 Å². The van der Waals surface area contributed by atoms with Crippen LogP contribution in [0.25, 0.3) is 0 Å². The molecule has 2 aromatic rings. The highest BCUT2D eigenvalue weighted by Crippen LogP contribution is 2.29. The Bertz CT molecular complexity index is 499. The van der Waals surface area contributed by atoms with Gasteiger partial charge in [-0.2, -0.15) is 0 Å². The molecule has 0 aromatic heterocycles. The largest absolute Gasteiger partial charge is 0.313 e. The molecule has 0 radical (unpaired) electrons. The normalized spacial score (nSPS) is 20.4. The number of nitrogens with one attached hydrogen (secondary N) is 1. The Labute approximate surface area is 127 Å². The summed E-state index contributed by atoms with van der Waals surface area (Å²) in [5, 5.41) is 3.59. The molecular formula is C19H24N2. The third-order valence-corrected chi connectivity index (χ3v) is 4.34. The maximum Gasteiger partial charge on any atom is 0.0602 e. The third-order valence-electron chi connectivity index (χ3n) is 4.34. The van der Waals surface area contributed by atoms with Crippen molar-refractivity contribution >= 4 is 0 Å². The Morgan fingerprint density at radius 3 is 2.05 bits per heavy atom. The van der Waals surface area contributed by atoms with Gasteiger partial charge in [-0.15, -0.1) is 0 Å². The van der Waals surface area contributed by atoms with E-state index in [9.17, 15) is 0 Å². The Hall–Kier alpha value is -1.64. The lowest BCUT2D eigenvalue weighted by Crippen LogP contribution is -2.33. The number of nitrogens with zero attached hydrogens (tertiary/aromatic N) is 1. The number of benzene rings is 2. The minimum Gasteiger partial charge on any atom is -0.313 e. The summed E-state index contributed by atoms with van der Waals surface area (Å²) in [4.78, 5) is 2.61. The Balaban J connectivity index is 1.92. The minimum absolute atomic E-state index is 0.361. The molecule has 21 heavy (non-hydrogen) atoms. The van der Waals surface area contributed by atoms with E-state index in [4.69, 9.17) is 0 Å². The molecule has 1 aliphatic heterocycles. The van der Waals surface area contributed by atoms with Crippen molar-refractivity contribution in [3.63, 3.8) is 0 Å². The van der Waals surface area contributed by atoms with Gasteiger partial charge in [0.15, 0.2) is 0 Å². The van der Waals surface area contributed by atoms with Crippen LogP contribution in [0.15, 0.2) is 60.7 Å². The average molecular weight is 280 g/mol. The van der Waals surface area contributed by atoms with Crippen LogP contribution in [0.4, 0.5) is 0 Å². The van der Waals surface area contributed by atoms with Gasteiger partial charge < -0.3 is 5.32 Å². The van der Waals surface area contributed by atoms with Gasteiger partial charge in [0.2, 0.25) is 0 Å². The van der Waals surface area contributed by atoms with Crippen molar-refractivity contribution in [3.8, 4) is 0 Å². The molecule has 1 N–H and O–H groups in total. The quantitative estimate of drug-likeness (QED) is 0.926. The van der Waals surface area contributed by atoms with Gasteiger partial charge in [-0.1, -0.05) is 60.7 Å². The zero-order valence-electron chi connectivity index (χ0n) is 12.7. The lowest BCUT2D eigenvalue weighted by atomic mass is 9.97. The maximum atomic E-state index is 3.59. The molecule has 2 aromatic carbocycles. The first-order valence-corrected chi connectivity index (χ1v) is 7.92. The maximum absolute atomic E-state index is 3.59. The lowest BCUT2D eigenvalue weighted by molar-refractivity contribution is 0.239. The van der Waals surface area contributed by atoms with Crippen LogP contribution in [0.3, 0.4) is 0 Å². The molecule has 1 unspecified atom stereocenters. The smallest absolute Gasteiger partial charge is 0.0602 e. The first kappa shape index (κ1) is 14.3. The second kappa shape index (κ2) is 6.88. The van der Waals surface area contributed by atoms with Crippen LogP contribution in [0, 0.1) is 0 Å². The van der Waals surface area contributed by atoms with E-state index in [1.807, 2.05) is 0 Å². The first-order valence-electron chi connectivity index (χ1n) is 7.92. The van der Waals surface area contributed by atoms with Gasteiger partial charge in [-0.25, -0.2) is 0 Å². The highest BCUT2D eigenvalue weighted by Gasteiger charge is 2.24. The molecule has 2 heteroatoms. The van der Waals surface area contributed by atoms with Crippen LogP contribution in [0.5, 0.6) is 0 Å². The van der Waals surface area contributed by atoms with Gasteiger partial charge in [0.25, 0.3) is 0 Å². The summed E-state index contributed by atoms with van der Waals surface area (Å²) in [6.45, 7) is 5.59. The molecule has 2 nitrogen and oxygen atoms in total. The van der Waals surface area contributed by atoms with E-state index in [1.165, 1.54) is 17.5 Å². The summed E-state index contributed by atoms with van der Waals surface area (Å²) in [6.07, 6.45) is 1.20. The molecule has 1 fully saturated rings. The van der Waals surface area contributed by atoms with Crippen molar-refractivity contribution in [3.05, 3.63) is 71.8 Å². The predicted molar refractivity (Wildman–Crippen MR) is 88.4 cm³/mol. The van der Waals surface area contributed by atoms with E-state index < -0.39 is 0 Å². The summed E-state index contributed by atoms with van der Waals surface area (Å²) in [7, 11) is 0. The van der Waals surface area contributed by atoms with E-state index in [1.54, 1.807) is 0 Å². The van der Waals surface area contributed by atoms with Gasteiger partial charge in [0, 0.05) is 25.7 Å². The van der Waals surface area contributed by atoms with Crippen molar-refractivity contribution in [2.45, 2.75) is 25.4 Å². The topological polar surface area (TPSA) is 15.3 Å². The fourth-order valence-electron chi connectivity index (χ4n) is 3.17. The van der Waals surface area contributed by atoms with Gasteiger partial charge in [0.1, 0.15) is 0 Å². The summed E-state index contributed by atoms with van der Waals surface area (Å²) < 4.78 is 0. The van der Waals surface area contributed by atoms with Crippen LogP contribution >= 0.6 is 0 Å². The molecule has 0 saturated carbocycles. The highest BCUT2D eigenvalue weighted by molar-refractivity contribution is 5.31. The van der Waals surface area contributed by atoms with Crippen molar-refractivity contribution in [1.82, 2.24) is 10.2 Å². The molecule has 0 spiro atoms. The molecule has 1 atom stereocenters. The van der Waals surface area contributed by atoms with E-state index >= 15 is 0 Å². The summed E-state index contributed by atoms with van der Waals surface area (Å²) in [5.74, 6) is 0. The number of hydrogen-bond donors (Lipinski definition) is 1. The van der Waals surface area contributed by atoms with Crippen molar-refractivity contribution in [2.75, 3.05) is 19.6 Å². The van der Waals surface area contributed by atoms with Gasteiger partial charge in [-0.3, -0.25) is 4.90 Å². The molecule has 1 saturated heterocycles. The highest BCUT2D eigenvalue weighted by atomic mass is 15.2. The molecule has 0 aliphatic carbocycles. The SMILES string of the molecule is CC1CCN(C(c2ccccc2)c2ccccc2)CCN1. The van der Waals surface area contributed by atoms with Crippen LogP contribution in [-0.4, -0.2) is 30.6 Å². The van der Waals surface area contributed by atoms with Crippen LogP contribution < -0.4 is 5.32 Å². The fraction of sp³-hybridized carbons (Fsp3) is 0.368. The molecule has 3 rings (SSSR count). The van der Waals surface area contributed by atoms with E-state index in [0.717, 1.165) is 19.6 Å². The number of hydrogen-bond acceptors (Lipinski definition) is 2. The van der Waals surface area contributed by atoms with Gasteiger partial charge in [0.05, 0.1) is 6.04 Å². The molecular weight excluding hydrogens is 256 g/mol. The van der Waals surface area contributed by atoms with Crippen molar-refractivity contribution in [1.29, 1.82) is 0 Å². The monoisotopic (exact) mass is 280 g/mol. The zero-order valence-corrected chi connectivity index (χ0v) is 12.7. The molecule has 0 amide bonds. The second-order valence-corrected chi connectivity index (χ2v) is 5.90. The average Bonchev–Trinajstić information content (AvgIpc) is 2.75. The van der Waals surface area contributed by atoms with E-state index in [2.05, 4.69) is 77.8 Å². The summed E-state index contributed by atoms with van der Waals surface area (Å²) in [6, 6.07) is 22.7. The van der Waals surface area contributed by atoms with Gasteiger partial charge in [-0.05, 0) is 24.5 Å². The molecule has 110 valence electrons. The molecule has 1 heterocycles. The van der Waals surface area contributed by atoms with Crippen molar-refractivity contribution in [2.24, 2.45) is 0 Å². The molecule has 0 bridgehead atoms. The Morgan fingerprint density at radius 1 is 0.905 bits per heavy atom. The first-order chi connectivity index (χ1) is 10.3. The second-order valence-electron chi connectivity index (χ2n) is 5.90. The van der Waals surface area contributed by atoms with Gasteiger partial charge >= 0.3 is 0 Å². The number of rotatable bonds is 3. The fourth-order valence-corrected chi connectivity index (χ4v) is 3.17. The standard InChI is InChI=1S/C19H24N2/c1-16-12-14-21(15-13-20-16)19(17-8-4-2-5-9-17)18-10-6-3-7-11-18/h2-11,16,19-20H,12-15H2,1H3. The lowest BCUT2D eigenvalue weighted by Gasteiger charge is -2.31.